The molecule has 0 bridgehead atoms. The summed E-state index contributed by atoms with van der Waals surface area (Å²) >= 11 is 0. The maximum atomic E-state index is 2.53. The Hall–Kier alpha value is -8.32. The third kappa shape index (κ3) is 5.16. The van der Waals surface area contributed by atoms with E-state index in [9.17, 15) is 0 Å². The molecule has 0 unspecified atom stereocenters. The molecule has 2 aliphatic rings. The molecule has 0 atom stereocenters. The molecule has 2 aliphatic carbocycles. The standard InChI is InChI=1S/C66H42/c1-39-18-17-19-40(2)58(39)45-30-31-50-55(36-45)62(44-26-13-6-14-27-44)66-52-35-33-49-54-38-57-56(37-53(54)48-32-34-51(64(52)63(48)49)65(66)61(50)43-24-11-5-12-25-43)59(41-20-7-3-8-21-41)46-28-15-16-29-47(46)60(57)42-22-9-4-10-23-42/h3-38H,1-2H3. The molecule has 0 aromatic heterocycles. The van der Waals surface area contributed by atoms with Gasteiger partial charge in [-0.1, -0.05) is 200 Å². The summed E-state index contributed by atoms with van der Waals surface area (Å²) in [5.41, 5.74) is 15.3. The van der Waals surface area contributed by atoms with Gasteiger partial charge in [-0.2, -0.15) is 0 Å². The average Bonchev–Trinajstić information content (AvgIpc) is 3.86. The van der Waals surface area contributed by atoms with Gasteiger partial charge >= 0.3 is 0 Å². The molecule has 0 heterocycles. The Balaban J connectivity index is 1.21. The minimum Gasteiger partial charge on any atom is -0.0622 e. The van der Waals surface area contributed by atoms with Crippen molar-refractivity contribution in [3.63, 3.8) is 0 Å². The highest BCUT2D eigenvalue weighted by molar-refractivity contribution is 6.21. The van der Waals surface area contributed by atoms with Crippen LogP contribution in [-0.4, -0.2) is 0 Å². The van der Waals surface area contributed by atoms with E-state index in [1.54, 1.807) is 0 Å². The first-order valence-corrected chi connectivity index (χ1v) is 23.2. The molecular weight excluding hydrogens is 793 g/mol. The molecule has 0 nitrogen and oxygen atoms in total. The van der Waals surface area contributed by atoms with E-state index in [1.165, 1.54) is 152 Å². The van der Waals surface area contributed by atoms with Crippen LogP contribution in [0.25, 0.3) is 98.7 Å². The van der Waals surface area contributed by atoms with Gasteiger partial charge in [0.05, 0.1) is 0 Å². The van der Waals surface area contributed by atoms with Crippen molar-refractivity contribution in [2.45, 2.75) is 13.8 Å². The highest BCUT2D eigenvalue weighted by Crippen LogP contribution is 2.47. The van der Waals surface area contributed by atoms with E-state index in [-0.39, 0.29) is 0 Å². The van der Waals surface area contributed by atoms with E-state index in [2.05, 4.69) is 232 Å². The van der Waals surface area contributed by atoms with E-state index in [0.29, 0.717) is 0 Å². The van der Waals surface area contributed by atoms with E-state index in [4.69, 9.17) is 0 Å². The second-order valence-electron chi connectivity index (χ2n) is 18.3. The number of hydrogen-bond donors (Lipinski definition) is 0. The smallest absolute Gasteiger partial charge is 0.000740 e. The molecule has 306 valence electrons. The third-order valence-electron chi connectivity index (χ3n) is 14.8. The zero-order valence-corrected chi connectivity index (χ0v) is 36.8. The number of rotatable bonds is 5. The van der Waals surface area contributed by atoms with Gasteiger partial charge in [-0.15, -0.1) is 0 Å². The quantitative estimate of drug-likeness (QED) is 0.152. The van der Waals surface area contributed by atoms with Gasteiger partial charge in [-0.25, -0.2) is 0 Å². The van der Waals surface area contributed by atoms with Crippen molar-refractivity contribution in [2.24, 2.45) is 0 Å². The molecule has 66 heavy (non-hydrogen) atoms. The lowest BCUT2D eigenvalue weighted by Crippen LogP contribution is -1.94. The minimum absolute atomic E-state index is 1.24. The van der Waals surface area contributed by atoms with E-state index in [1.807, 2.05) is 0 Å². The Morgan fingerprint density at radius 2 is 0.576 bits per heavy atom. The maximum absolute atomic E-state index is 2.53. The van der Waals surface area contributed by atoms with Crippen LogP contribution in [0.15, 0.2) is 218 Å². The van der Waals surface area contributed by atoms with Crippen LogP contribution in [-0.2, 0) is 0 Å². The lowest BCUT2D eigenvalue weighted by molar-refractivity contribution is 1.38. The van der Waals surface area contributed by atoms with Crippen molar-refractivity contribution < 1.29 is 0 Å². The summed E-state index contributed by atoms with van der Waals surface area (Å²) in [5.74, 6) is 0. The highest BCUT2D eigenvalue weighted by Gasteiger charge is 2.24. The molecule has 0 N–H and O–H groups in total. The molecule has 12 aromatic carbocycles. The zero-order chi connectivity index (χ0) is 43.6. The van der Waals surface area contributed by atoms with Crippen LogP contribution >= 0.6 is 0 Å². The van der Waals surface area contributed by atoms with Gasteiger partial charge in [0.2, 0.25) is 0 Å². The summed E-state index contributed by atoms with van der Waals surface area (Å²) in [6.45, 7) is 4.48. The highest BCUT2D eigenvalue weighted by atomic mass is 14.3. The Morgan fingerprint density at radius 1 is 0.212 bits per heavy atom. The first-order chi connectivity index (χ1) is 32.6. The number of hydrogen-bond acceptors (Lipinski definition) is 0. The summed E-state index contributed by atoms with van der Waals surface area (Å²) < 4.78 is 0. The summed E-state index contributed by atoms with van der Waals surface area (Å²) in [7, 11) is 0. The summed E-state index contributed by atoms with van der Waals surface area (Å²) in [5, 5.41) is 20.9. The number of fused-ring (bicyclic) bond motifs is 5. The van der Waals surface area contributed by atoms with Crippen molar-refractivity contribution in [1.29, 1.82) is 0 Å². The predicted molar refractivity (Wildman–Crippen MR) is 277 cm³/mol. The van der Waals surface area contributed by atoms with Gasteiger partial charge in [0.25, 0.3) is 0 Å². The molecule has 0 saturated heterocycles. The predicted octanol–water partition coefficient (Wildman–Crippen LogP) is 17.0. The molecular formula is C66H42. The largest absolute Gasteiger partial charge is 0.0622 e. The van der Waals surface area contributed by atoms with Crippen molar-refractivity contribution in [1.82, 2.24) is 0 Å². The van der Waals surface area contributed by atoms with E-state index >= 15 is 0 Å². The van der Waals surface area contributed by atoms with Gasteiger partial charge in [0.1, 0.15) is 0 Å². The van der Waals surface area contributed by atoms with Crippen LogP contribution in [0.5, 0.6) is 0 Å². The minimum atomic E-state index is 1.24. The van der Waals surface area contributed by atoms with Crippen molar-refractivity contribution >= 4 is 43.1 Å². The maximum Gasteiger partial charge on any atom is -0.000740 e. The molecule has 0 aliphatic heterocycles. The molecule has 0 radical (unpaired) electrons. The summed E-state index contributed by atoms with van der Waals surface area (Å²) in [6, 6.07) is 82.0. The third-order valence-corrected chi connectivity index (χ3v) is 14.8. The van der Waals surface area contributed by atoms with Crippen molar-refractivity contribution in [3.8, 4) is 55.6 Å². The molecule has 12 aromatic rings. The summed E-state index contributed by atoms with van der Waals surface area (Å²) in [4.78, 5) is 0. The topological polar surface area (TPSA) is 0 Å². The van der Waals surface area contributed by atoms with Crippen LogP contribution in [0.2, 0.25) is 0 Å². The fourth-order valence-electron chi connectivity index (χ4n) is 12.1. The van der Waals surface area contributed by atoms with Gasteiger partial charge in [-0.3, -0.25) is 0 Å². The first kappa shape index (κ1) is 37.1. The van der Waals surface area contributed by atoms with E-state index in [0.717, 1.165) is 0 Å². The van der Waals surface area contributed by atoms with Crippen LogP contribution in [0.4, 0.5) is 0 Å². The van der Waals surface area contributed by atoms with Crippen molar-refractivity contribution in [3.05, 3.63) is 271 Å². The lowest BCUT2D eigenvalue weighted by Gasteiger charge is -2.18. The molecule has 14 rings (SSSR count). The lowest BCUT2D eigenvalue weighted by atomic mass is 9.85. The van der Waals surface area contributed by atoms with Gasteiger partial charge < -0.3 is 0 Å². The number of aryl methyl sites for hydroxylation is 2. The average molecular weight is 835 g/mol. The normalized spacial score (nSPS) is 12.1. The van der Waals surface area contributed by atoms with Crippen LogP contribution < -0.4 is 0 Å². The molecule has 0 heteroatoms. The monoisotopic (exact) mass is 834 g/mol. The first-order valence-electron chi connectivity index (χ1n) is 23.2. The van der Waals surface area contributed by atoms with Gasteiger partial charge in [0.15, 0.2) is 0 Å². The Kier molecular flexibility index (Phi) is 7.92. The van der Waals surface area contributed by atoms with E-state index < -0.39 is 0 Å². The zero-order valence-electron chi connectivity index (χ0n) is 36.8. The fraction of sp³-hybridized carbons (Fsp3) is 0.0303. The fourth-order valence-corrected chi connectivity index (χ4v) is 12.1. The molecule has 0 amide bonds. The molecule has 0 spiro atoms. The second kappa shape index (κ2) is 14.1. The van der Waals surface area contributed by atoms with Gasteiger partial charge in [-0.05, 0) is 184 Å². The summed E-state index contributed by atoms with van der Waals surface area (Å²) in [6.07, 6.45) is 0. The Morgan fingerprint density at radius 3 is 1.05 bits per heavy atom. The second-order valence-corrected chi connectivity index (χ2v) is 18.3. The van der Waals surface area contributed by atoms with Crippen molar-refractivity contribution in [2.75, 3.05) is 0 Å². The Labute approximate surface area is 382 Å². The molecule has 0 fully saturated rings. The molecule has 0 saturated carbocycles. The van der Waals surface area contributed by atoms with Crippen LogP contribution in [0.3, 0.4) is 0 Å². The van der Waals surface area contributed by atoms with Gasteiger partial charge in [0, 0.05) is 0 Å². The van der Waals surface area contributed by atoms with Crippen LogP contribution in [0, 0.1) is 55.6 Å². The number of benzene rings is 12. The van der Waals surface area contributed by atoms with Crippen LogP contribution in [0.1, 0.15) is 11.1 Å². The Bertz CT molecular complexity index is 4340. The SMILES string of the molecule is Cc1cccc(C)c1-c1ccc2c(-c3ccccc3)c3c(c(-c4ccccc4)c2c1)=c1ccc2c4c(ccc=3c14)=c1cc3c(-c4ccccc4)c4ccccc4c(-c4ccccc4)c3cc1=2.